The van der Waals surface area contributed by atoms with E-state index in [-0.39, 0.29) is 11.9 Å². The van der Waals surface area contributed by atoms with Crippen molar-refractivity contribution in [3.8, 4) is 5.75 Å². The van der Waals surface area contributed by atoms with Crippen LogP contribution in [-0.4, -0.2) is 33.3 Å². The van der Waals surface area contributed by atoms with Crippen LogP contribution in [0.2, 0.25) is 0 Å². The maximum absolute atomic E-state index is 13.4. The number of likely N-dealkylation sites (tertiary alicyclic amines) is 1. The second-order valence-electron chi connectivity index (χ2n) is 7.09. The zero-order valence-corrected chi connectivity index (χ0v) is 16.1. The van der Waals surface area contributed by atoms with E-state index < -0.39 is 0 Å². The topological polar surface area (TPSA) is 46.8 Å². The quantitative estimate of drug-likeness (QED) is 0.693. The van der Waals surface area contributed by atoms with E-state index in [4.69, 9.17) is 4.74 Å². The molecule has 0 saturated carbocycles. The van der Waals surface area contributed by atoms with Crippen LogP contribution in [0.5, 0.6) is 5.75 Å². The number of pyridine rings is 1. The summed E-state index contributed by atoms with van der Waals surface area (Å²) >= 11 is 0. The van der Waals surface area contributed by atoms with Gasteiger partial charge in [0.15, 0.2) is 0 Å². The lowest BCUT2D eigenvalue weighted by Crippen LogP contribution is -2.32. The first-order chi connectivity index (χ1) is 13.1. The molecule has 1 saturated heterocycles. The Kier molecular flexibility index (Phi) is 4.60. The summed E-state index contributed by atoms with van der Waals surface area (Å²) in [6.45, 7) is 7.34. The highest BCUT2D eigenvalue weighted by Crippen LogP contribution is 2.34. The molecule has 2 aromatic heterocycles. The summed E-state index contributed by atoms with van der Waals surface area (Å²) in [4.78, 5) is 20.1. The number of carbonyl (C=O) groups excluding carboxylic acids is 1. The third-order valence-electron chi connectivity index (χ3n) is 5.31. The Hall–Kier alpha value is -2.82. The van der Waals surface area contributed by atoms with Gasteiger partial charge in [0.05, 0.1) is 18.3 Å². The molecule has 5 heteroatoms. The van der Waals surface area contributed by atoms with Gasteiger partial charge in [0.1, 0.15) is 17.1 Å². The van der Waals surface area contributed by atoms with Crippen molar-refractivity contribution in [2.45, 2.75) is 39.7 Å². The van der Waals surface area contributed by atoms with Crippen LogP contribution in [0.4, 0.5) is 0 Å². The predicted molar refractivity (Wildman–Crippen MR) is 105 cm³/mol. The van der Waals surface area contributed by atoms with Crippen molar-refractivity contribution in [1.29, 1.82) is 0 Å². The van der Waals surface area contributed by atoms with E-state index in [1.807, 2.05) is 60.5 Å². The van der Waals surface area contributed by atoms with Crippen LogP contribution in [0.25, 0.3) is 5.65 Å². The van der Waals surface area contributed by atoms with Gasteiger partial charge >= 0.3 is 0 Å². The van der Waals surface area contributed by atoms with E-state index in [0.29, 0.717) is 12.3 Å². The van der Waals surface area contributed by atoms with Crippen molar-refractivity contribution in [3.05, 3.63) is 65.1 Å². The fourth-order valence-electron chi connectivity index (χ4n) is 4.02. The smallest absolute Gasteiger partial charge is 0.273 e. The van der Waals surface area contributed by atoms with Gasteiger partial charge < -0.3 is 9.64 Å². The van der Waals surface area contributed by atoms with Crippen molar-refractivity contribution in [1.82, 2.24) is 14.3 Å². The fraction of sp³-hybridized carbons (Fsp3) is 0.364. The summed E-state index contributed by atoms with van der Waals surface area (Å²) in [5.41, 5.74) is 4.55. The number of hydrogen-bond acceptors (Lipinski definition) is 3. The monoisotopic (exact) mass is 363 g/mol. The molecule has 0 bridgehead atoms. The summed E-state index contributed by atoms with van der Waals surface area (Å²) in [6.07, 6.45) is 3.92. The van der Waals surface area contributed by atoms with Gasteiger partial charge in [-0.15, -0.1) is 0 Å². The molecule has 3 heterocycles. The van der Waals surface area contributed by atoms with E-state index in [1.54, 1.807) is 0 Å². The fourth-order valence-corrected chi connectivity index (χ4v) is 4.02. The van der Waals surface area contributed by atoms with Gasteiger partial charge in [0.2, 0.25) is 0 Å². The van der Waals surface area contributed by atoms with Crippen molar-refractivity contribution in [2.24, 2.45) is 0 Å². The number of aryl methyl sites for hydroxylation is 2. The van der Waals surface area contributed by atoms with Gasteiger partial charge in [0.25, 0.3) is 5.91 Å². The number of rotatable bonds is 4. The molecule has 0 unspecified atom stereocenters. The molecule has 1 amide bonds. The van der Waals surface area contributed by atoms with Crippen molar-refractivity contribution in [2.75, 3.05) is 13.2 Å². The number of ether oxygens (including phenoxy) is 1. The molecule has 27 heavy (non-hydrogen) atoms. The minimum Gasteiger partial charge on any atom is -0.494 e. The molecular weight excluding hydrogens is 338 g/mol. The third-order valence-corrected chi connectivity index (χ3v) is 5.31. The average molecular weight is 363 g/mol. The van der Waals surface area contributed by atoms with Crippen LogP contribution in [0, 0.1) is 13.8 Å². The highest BCUT2D eigenvalue weighted by Gasteiger charge is 2.33. The second-order valence-corrected chi connectivity index (χ2v) is 7.09. The number of fused-ring (bicyclic) bond motifs is 1. The first-order valence-corrected chi connectivity index (χ1v) is 9.58. The Balaban J connectivity index is 1.67. The van der Waals surface area contributed by atoms with Crippen LogP contribution >= 0.6 is 0 Å². The molecule has 5 nitrogen and oxygen atoms in total. The summed E-state index contributed by atoms with van der Waals surface area (Å²) in [7, 11) is 0. The van der Waals surface area contributed by atoms with Crippen LogP contribution in [0.15, 0.2) is 42.6 Å². The van der Waals surface area contributed by atoms with Crippen molar-refractivity contribution in [3.63, 3.8) is 0 Å². The third kappa shape index (κ3) is 3.07. The number of amides is 1. The Labute approximate surface area is 159 Å². The highest BCUT2D eigenvalue weighted by atomic mass is 16.5. The molecular formula is C22H25N3O2. The average Bonchev–Trinajstić information content (AvgIpc) is 3.27. The van der Waals surface area contributed by atoms with Gasteiger partial charge in [0, 0.05) is 12.7 Å². The summed E-state index contributed by atoms with van der Waals surface area (Å²) in [5.74, 6) is 0.923. The minimum absolute atomic E-state index is 0.0574. The maximum Gasteiger partial charge on any atom is 0.273 e. The van der Waals surface area contributed by atoms with E-state index in [0.717, 1.165) is 47.6 Å². The molecule has 0 aliphatic carbocycles. The molecule has 1 aromatic carbocycles. The molecule has 140 valence electrons. The Morgan fingerprint density at radius 3 is 2.74 bits per heavy atom. The molecule has 4 rings (SSSR count). The lowest BCUT2D eigenvalue weighted by atomic mass is 10.0. The van der Waals surface area contributed by atoms with Gasteiger partial charge in [-0.3, -0.25) is 9.20 Å². The number of aromatic nitrogens is 2. The Morgan fingerprint density at radius 2 is 2.00 bits per heavy atom. The van der Waals surface area contributed by atoms with Crippen LogP contribution in [0.3, 0.4) is 0 Å². The van der Waals surface area contributed by atoms with Gasteiger partial charge in [-0.25, -0.2) is 4.98 Å². The van der Waals surface area contributed by atoms with Crippen LogP contribution in [0.1, 0.15) is 53.1 Å². The molecule has 1 fully saturated rings. The lowest BCUT2D eigenvalue weighted by Gasteiger charge is -2.25. The van der Waals surface area contributed by atoms with Crippen LogP contribution in [-0.2, 0) is 0 Å². The Bertz CT molecular complexity index is 975. The summed E-state index contributed by atoms with van der Waals surface area (Å²) in [5, 5.41) is 0. The minimum atomic E-state index is 0.0574. The lowest BCUT2D eigenvalue weighted by molar-refractivity contribution is 0.0728. The van der Waals surface area contributed by atoms with E-state index in [1.165, 1.54) is 0 Å². The predicted octanol–water partition coefficient (Wildman–Crippen LogP) is 4.33. The molecule has 0 spiro atoms. The molecule has 1 atom stereocenters. The maximum atomic E-state index is 13.4. The largest absolute Gasteiger partial charge is 0.494 e. The summed E-state index contributed by atoms with van der Waals surface area (Å²) < 4.78 is 7.47. The van der Waals surface area contributed by atoms with Crippen molar-refractivity contribution >= 4 is 11.6 Å². The second kappa shape index (κ2) is 7.06. The first-order valence-electron chi connectivity index (χ1n) is 9.58. The zero-order chi connectivity index (χ0) is 19.0. The normalized spacial score (nSPS) is 16.9. The molecule has 1 aliphatic rings. The summed E-state index contributed by atoms with van der Waals surface area (Å²) in [6, 6.07) is 12.2. The van der Waals surface area contributed by atoms with Crippen molar-refractivity contribution < 1.29 is 9.53 Å². The molecule has 0 N–H and O–H groups in total. The number of benzene rings is 1. The van der Waals surface area contributed by atoms with Crippen LogP contribution < -0.4 is 4.74 Å². The van der Waals surface area contributed by atoms with E-state index in [2.05, 4.69) is 17.1 Å². The number of imidazole rings is 1. The van der Waals surface area contributed by atoms with Gasteiger partial charge in [-0.1, -0.05) is 18.2 Å². The van der Waals surface area contributed by atoms with Gasteiger partial charge in [-0.05, 0) is 62.9 Å². The molecule has 3 aromatic rings. The van der Waals surface area contributed by atoms with Gasteiger partial charge in [-0.2, -0.15) is 0 Å². The Morgan fingerprint density at radius 1 is 1.22 bits per heavy atom. The van der Waals surface area contributed by atoms with E-state index in [9.17, 15) is 4.79 Å². The first kappa shape index (κ1) is 17.6. The number of nitrogens with zero attached hydrogens (tertiary/aromatic N) is 3. The van der Waals surface area contributed by atoms with E-state index >= 15 is 0 Å². The SMILES string of the molecule is CCOc1ccc([C@@H]2CCCN2C(=O)c2c(C)nc3c(C)cccn23)cc1. The zero-order valence-electron chi connectivity index (χ0n) is 16.1. The molecule has 1 aliphatic heterocycles. The highest BCUT2D eigenvalue weighted by molar-refractivity contribution is 5.95. The standard InChI is InChI=1S/C22H25N3O2/c1-4-27-18-11-9-17(10-12-18)19-8-6-13-24(19)22(26)20-16(3)23-21-15(2)7-5-14-25(20)21/h5,7,9-12,14,19H,4,6,8,13H2,1-3H3/t19-/m0/s1. The molecule has 0 radical (unpaired) electrons. The number of hydrogen-bond donors (Lipinski definition) is 0. The number of carbonyl (C=O) groups is 1.